The van der Waals surface area contributed by atoms with E-state index in [9.17, 15) is 4.39 Å². The van der Waals surface area contributed by atoms with E-state index in [2.05, 4.69) is 39.6 Å². The molecule has 2 unspecified atom stereocenters. The van der Waals surface area contributed by atoms with Crippen molar-refractivity contribution < 1.29 is 14.2 Å². The van der Waals surface area contributed by atoms with Crippen LogP contribution in [0.1, 0.15) is 50.2 Å². The number of ether oxygens (including phenoxy) is 1. The molecule has 1 aromatic heterocycles. The molecule has 2 heterocycles. The number of morpholine rings is 1. The molecule has 1 aliphatic heterocycles. The summed E-state index contributed by atoms with van der Waals surface area (Å²) in [5, 5.41) is 12.7. The van der Waals surface area contributed by atoms with E-state index in [0.29, 0.717) is 32.1 Å². The highest BCUT2D eigenvalue weighted by atomic mass is 19.1. The minimum atomic E-state index is -0.469. The lowest BCUT2D eigenvalue weighted by atomic mass is 9.58. The molecule has 8 nitrogen and oxygen atoms in total. The summed E-state index contributed by atoms with van der Waals surface area (Å²) < 4.78 is 19.6. The first kappa shape index (κ1) is 22.7. The molecular formula is C26H34FN6O2+. The number of hydrazone groups is 1. The lowest BCUT2D eigenvalue weighted by Gasteiger charge is -2.47. The maximum Gasteiger partial charge on any atom is 0.262 e. The maximum atomic E-state index is 14.3. The molecule has 186 valence electrons. The average molecular weight is 482 g/mol. The van der Waals surface area contributed by atoms with Gasteiger partial charge in [-0.15, -0.1) is 0 Å². The number of hydrogen-bond acceptors (Lipinski definition) is 7. The van der Waals surface area contributed by atoms with Gasteiger partial charge in [0.25, 0.3) is 5.75 Å². The van der Waals surface area contributed by atoms with Gasteiger partial charge in [-0.2, -0.15) is 10.1 Å². The van der Waals surface area contributed by atoms with E-state index in [4.69, 9.17) is 15.6 Å². The van der Waals surface area contributed by atoms with Crippen molar-refractivity contribution in [1.82, 2.24) is 9.97 Å². The van der Waals surface area contributed by atoms with Gasteiger partial charge in [-0.3, -0.25) is 0 Å². The first-order valence-electron chi connectivity index (χ1n) is 12.6. The Morgan fingerprint density at radius 2 is 2.06 bits per heavy atom. The van der Waals surface area contributed by atoms with E-state index in [-0.39, 0.29) is 22.7 Å². The molecule has 1 saturated heterocycles. The van der Waals surface area contributed by atoms with Crippen LogP contribution >= 0.6 is 0 Å². The SMILES string of the molecule is CC1(c2ccc([OH2+])c(/C=N\Nc3ncc(F)c(N4CCOCC4)n3)c2)C[C@@H]2C[C@H]3C[C@@](N)(CC23)C1. The molecule has 5 atom stereocenters. The molecule has 5 N–H and O–H groups in total. The van der Waals surface area contributed by atoms with Crippen LogP contribution in [0.25, 0.3) is 0 Å². The van der Waals surface area contributed by atoms with Gasteiger partial charge < -0.3 is 20.5 Å². The zero-order valence-electron chi connectivity index (χ0n) is 20.1. The lowest BCUT2D eigenvalue weighted by Crippen LogP contribution is -2.45. The molecule has 0 radical (unpaired) electrons. The fourth-order valence-corrected chi connectivity index (χ4v) is 7.21. The minimum absolute atomic E-state index is 0.00357. The predicted molar refractivity (Wildman–Crippen MR) is 134 cm³/mol. The van der Waals surface area contributed by atoms with Crippen molar-refractivity contribution in [3.8, 4) is 5.75 Å². The van der Waals surface area contributed by atoms with Gasteiger partial charge in [0.15, 0.2) is 11.6 Å². The van der Waals surface area contributed by atoms with Gasteiger partial charge in [0.05, 0.1) is 31.2 Å². The van der Waals surface area contributed by atoms with Gasteiger partial charge in [-0.1, -0.05) is 6.92 Å². The molecule has 0 amide bonds. The Kier molecular flexibility index (Phi) is 5.45. The van der Waals surface area contributed by atoms with Crippen LogP contribution in [0.15, 0.2) is 29.5 Å². The number of hydrogen-bond donors (Lipinski definition) is 2. The third-order valence-electron chi connectivity index (χ3n) is 8.74. The van der Waals surface area contributed by atoms with Crippen LogP contribution in [0.4, 0.5) is 16.2 Å². The minimum Gasteiger partial charge on any atom is -0.593 e. The summed E-state index contributed by atoms with van der Waals surface area (Å²) in [5.74, 6) is 2.80. The third-order valence-corrected chi connectivity index (χ3v) is 8.74. The molecule has 4 fully saturated rings. The molecule has 0 spiro atoms. The van der Waals surface area contributed by atoms with Gasteiger partial charge in [-0.05, 0) is 73.0 Å². The lowest BCUT2D eigenvalue weighted by molar-refractivity contribution is 0.0686. The molecule has 35 heavy (non-hydrogen) atoms. The first-order chi connectivity index (χ1) is 16.8. The fraction of sp³-hybridized carbons (Fsp3) is 0.577. The summed E-state index contributed by atoms with van der Waals surface area (Å²) in [6.45, 7) is 4.58. The predicted octanol–water partition coefficient (Wildman–Crippen LogP) is 3.13. The number of nitrogens with one attached hydrogen (secondary N) is 1. The molecule has 3 saturated carbocycles. The van der Waals surface area contributed by atoms with Crippen LogP contribution < -0.4 is 16.1 Å². The van der Waals surface area contributed by atoms with Crippen molar-refractivity contribution in [3.63, 3.8) is 0 Å². The van der Waals surface area contributed by atoms with Crippen LogP contribution in [0.5, 0.6) is 5.75 Å². The van der Waals surface area contributed by atoms with Gasteiger partial charge >= 0.3 is 0 Å². The van der Waals surface area contributed by atoms with E-state index >= 15 is 0 Å². The van der Waals surface area contributed by atoms with Crippen molar-refractivity contribution in [2.75, 3.05) is 36.6 Å². The Morgan fingerprint density at radius 3 is 2.89 bits per heavy atom. The maximum absolute atomic E-state index is 14.3. The van der Waals surface area contributed by atoms with E-state index < -0.39 is 5.82 Å². The summed E-state index contributed by atoms with van der Waals surface area (Å²) in [6, 6.07) is 6.02. The second kappa shape index (κ2) is 8.41. The highest BCUT2D eigenvalue weighted by Crippen LogP contribution is 2.63. The van der Waals surface area contributed by atoms with Crippen molar-refractivity contribution in [2.45, 2.75) is 50.0 Å². The number of aromatic nitrogens is 2. The van der Waals surface area contributed by atoms with Gasteiger partial charge in [-0.25, -0.2) is 14.8 Å². The number of halogens is 1. The smallest absolute Gasteiger partial charge is 0.262 e. The highest BCUT2D eigenvalue weighted by Gasteiger charge is 2.58. The molecule has 9 heteroatoms. The molecule has 3 aliphatic carbocycles. The molecule has 6 rings (SSSR count). The third kappa shape index (κ3) is 4.14. The first-order valence-corrected chi connectivity index (χ1v) is 12.6. The quantitative estimate of drug-likeness (QED) is 0.386. The van der Waals surface area contributed by atoms with Crippen molar-refractivity contribution in [1.29, 1.82) is 0 Å². The normalized spacial score (nSPS) is 34.0. The summed E-state index contributed by atoms with van der Waals surface area (Å²) in [6.07, 6.45) is 8.56. The second-order valence-corrected chi connectivity index (χ2v) is 11.3. The van der Waals surface area contributed by atoms with E-state index in [1.807, 2.05) is 11.0 Å². The zero-order valence-corrected chi connectivity index (χ0v) is 20.1. The number of nitrogens with two attached hydrogens (primary N) is 1. The summed E-state index contributed by atoms with van der Waals surface area (Å²) >= 11 is 0. The summed E-state index contributed by atoms with van der Waals surface area (Å²) in [4.78, 5) is 10.2. The fourth-order valence-electron chi connectivity index (χ4n) is 7.21. The molecule has 4 aliphatic rings. The van der Waals surface area contributed by atoms with Crippen LogP contribution in [0.2, 0.25) is 0 Å². The van der Waals surface area contributed by atoms with Crippen LogP contribution in [0, 0.1) is 23.6 Å². The molecule has 2 aromatic rings. The standard InChI is InChI=1S/C26H33FN6O2/c1-25(10-16-8-17-11-26(28,15-25)12-20(16)17)19-2-3-22(34)18(9-19)13-30-32-24-29-14-21(27)23(31-24)33-4-6-35-7-5-33/h2-3,9,13-14,16-17,20,34H,4-8,10-12,15,28H2,1H3,(H,29,31,32)/p+1/b30-13-/t16-,17-,20?,25?,26+/m0/s1. The van der Waals surface area contributed by atoms with Crippen LogP contribution in [-0.2, 0) is 10.2 Å². The van der Waals surface area contributed by atoms with Gasteiger partial charge in [0.2, 0.25) is 5.95 Å². The van der Waals surface area contributed by atoms with Crippen LogP contribution in [0.3, 0.4) is 0 Å². The van der Waals surface area contributed by atoms with E-state index in [1.165, 1.54) is 12.0 Å². The topological polar surface area (TPSA) is 112 Å². The van der Waals surface area contributed by atoms with Crippen molar-refractivity contribution in [2.24, 2.45) is 28.6 Å². The number of fused-ring (bicyclic) bond motifs is 1. The molecular weight excluding hydrogens is 447 g/mol. The average Bonchev–Trinajstić information content (AvgIpc) is 3.05. The largest absolute Gasteiger partial charge is 0.593 e. The van der Waals surface area contributed by atoms with E-state index in [0.717, 1.165) is 55.2 Å². The van der Waals surface area contributed by atoms with Crippen molar-refractivity contribution >= 4 is 18.0 Å². The van der Waals surface area contributed by atoms with Gasteiger partial charge in [0.1, 0.15) is 0 Å². The Hall–Kier alpha value is -2.78. The number of rotatable bonds is 5. The molecule has 1 aromatic carbocycles. The Morgan fingerprint density at radius 1 is 1.26 bits per heavy atom. The number of nitrogens with zero attached hydrogens (tertiary/aromatic N) is 4. The monoisotopic (exact) mass is 481 g/mol. The summed E-state index contributed by atoms with van der Waals surface area (Å²) in [7, 11) is 0. The summed E-state index contributed by atoms with van der Waals surface area (Å²) in [5.41, 5.74) is 11.6. The van der Waals surface area contributed by atoms with Crippen LogP contribution in [-0.4, -0.2) is 53.1 Å². The Balaban J connectivity index is 1.20. The highest BCUT2D eigenvalue weighted by molar-refractivity contribution is 5.84. The second-order valence-electron chi connectivity index (χ2n) is 11.3. The van der Waals surface area contributed by atoms with Crippen molar-refractivity contribution in [3.05, 3.63) is 41.3 Å². The Bertz CT molecular complexity index is 1150. The number of anilines is 2. The molecule has 2 bridgehead atoms. The Labute approximate surface area is 204 Å². The zero-order chi connectivity index (χ0) is 24.2. The van der Waals surface area contributed by atoms with Gasteiger partial charge in [0, 0.05) is 24.7 Å². The number of benzene rings is 1. The van der Waals surface area contributed by atoms with E-state index in [1.54, 1.807) is 6.21 Å².